The van der Waals surface area contributed by atoms with E-state index in [2.05, 4.69) is 20.6 Å². The summed E-state index contributed by atoms with van der Waals surface area (Å²) >= 11 is 0. The highest BCUT2D eigenvalue weighted by Crippen LogP contribution is 2.11. The summed E-state index contributed by atoms with van der Waals surface area (Å²) in [6, 6.07) is 8.26. The lowest BCUT2D eigenvalue weighted by molar-refractivity contribution is 0.198. The van der Waals surface area contributed by atoms with Gasteiger partial charge < -0.3 is 15.4 Å². The number of nitrogens with zero attached hydrogens (tertiary/aromatic N) is 2. The van der Waals surface area contributed by atoms with Crippen molar-refractivity contribution in [3.8, 4) is 0 Å². The Morgan fingerprint density at radius 3 is 2.64 bits per heavy atom. The highest BCUT2D eigenvalue weighted by Gasteiger charge is 2.02. The monoisotopic (exact) mass is 304 g/mol. The summed E-state index contributed by atoms with van der Waals surface area (Å²) in [6.07, 6.45) is 0.915. The van der Waals surface area contributed by atoms with Crippen LogP contribution in [0.15, 0.2) is 30.3 Å². The van der Waals surface area contributed by atoms with Gasteiger partial charge in [-0.25, -0.2) is 9.37 Å². The van der Waals surface area contributed by atoms with Gasteiger partial charge >= 0.3 is 0 Å². The molecule has 0 radical (unpaired) electrons. The Kier molecular flexibility index (Phi) is 6.09. The number of aromatic nitrogens is 2. The number of hydrogen-bond acceptors (Lipinski definition) is 5. The van der Waals surface area contributed by atoms with Crippen LogP contribution in [0.3, 0.4) is 0 Å². The van der Waals surface area contributed by atoms with Gasteiger partial charge in [0, 0.05) is 38.6 Å². The molecule has 0 aliphatic carbocycles. The minimum Gasteiger partial charge on any atom is -0.385 e. The van der Waals surface area contributed by atoms with Crippen molar-refractivity contribution in [2.75, 3.05) is 30.9 Å². The molecule has 2 N–H and O–H groups in total. The smallest absolute Gasteiger partial charge is 0.225 e. The molecule has 1 aromatic heterocycles. The van der Waals surface area contributed by atoms with Crippen molar-refractivity contribution >= 4 is 11.8 Å². The normalized spacial score (nSPS) is 10.5. The molecule has 0 aliphatic heterocycles. The van der Waals surface area contributed by atoms with Crippen LogP contribution in [0.1, 0.15) is 17.7 Å². The number of methoxy groups -OCH3 is 1. The van der Waals surface area contributed by atoms with E-state index in [1.54, 1.807) is 19.2 Å². The molecule has 1 heterocycles. The van der Waals surface area contributed by atoms with Gasteiger partial charge in [-0.15, -0.1) is 0 Å². The summed E-state index contributed by atoms with van der Waals surface area (Å²) < 4.78 is 17.9. The van der Waals surface area contributed by atoms with Crippen LogP contribution in [-0.2, 0) is 11.3 Å². The molecule has 2 rings (SSSR count). The zero-order chi connectivity index (χ0) is 15.8. The molecule has 22 heavy (non-hydrogen) atoms. The fraction of sp³-hybridized carbons (Fsp3) is 0.375. The number of hydrogen-bond donors (Lipinski definition) is 2. The second kappa shape index (κ2) is 8.29. The van der Waals surface area contributed by atoms with Gasteiger partial charge in [-0.05, 0) is 31.0 Å². The van der Waals surface area contributed by atoms with Crippen LogP contribution in [0.25, 0.3) is 0 Å². The van der Waals surface area contributed by atoms with Crippen LogP contribution >= 0.6 is 0 Å². The molecule has 1 aromatic carbocycles. The molecule has 0 fully saturated rings. The summed E-state index contributed by atoms with van der Waals surface area (Å²) in [5.41, 5.74) is 1.85. The van der Waals surface area contributed by atoms with Gasteiger partial charge in [-0.1, -0.05) is 12.1 Å². The van der Waals surface area contributed by atoms with Gasteiger partial charge in [0.2, 0.25) is 5.95 Å². The summed E-state index contributed by atoms with van der Waals surface area (Å²) in [5, 5.41) is 6.40. The van der Waals surface area contributed by atoms with E-state index in [1.165, 1.54) is 12.1 Å². The molecule has 0 saturated carbocycles. The Labute approximate surface area is 129 Å². The first-order valence-corrected chi connectivity index (χ1v) is 7.24. The average Bonchev–Trinajstić information content (AvgIpc) is 2.51. The summed E-state index contributed by atoms with van der Waals surface area (Å²) in [6.45, 7) is 3.98. The Morgan fingerprint density at radius 2 is 1.91 bits per heavy atom. The van der Waals surface area contributed by atoms with Gasteiger partial charge in [-0.2, -0.15) is 4.98 Å². The molecule has 0 aliphatic rings. The molecule has 118 valence electrons. The van der Waals surface area contributed by atoms with E-state index in [9.17, 15) is 4.39 Å². The van der Waals surface area contributed by atoms with E-state index in [0.29, 0.717) is 19.1 Å². The standard InChI is InChI=1S/C16H21FN4O/c1-12-10-15(18-8-3-9-22-2)21-16(20-12)19-11-13-4-6-14(17)7-5-13/h4-7,10H,3,8-9,11H2,1-2H3,(H2,18,19,20,21). The van der Waals surface area contributed by atoms with Gasteiger partial charge in [0.1, 0.15) is 11.6 Å². The van der Waals surface area contributed by atoms with E-state index in [4.69, 9.17) is 4.74 Å². The van der Waals surface area contributed by atoms with Gasteiger partial charge in [0.25, 0.3) is 0 Å². The van der Waals surface area contributed by atoms with Crippen LogP contribution < -0.4 is 10.6 Å². The van der Waals surface area contributed by atoms with E-state index >= 15 is 0 Å². The lowest BCUT2D eigenvalue weighted by Crippen LogP contribution is -2.10. The maximum absolute atomic E-state index is 12.9. The van der Waals surface area contributed by atoms with Crippen molar-refractivity contribution in [3.05, 3.63) is 47.4 Å². The van der Waals surface area contributed by atoms with E-state index in [0.717, 1.165) is 30.0 Å². The number of aryl methyl sites for hydroxylation is 1. The van der Waals surface area contributed by atoms with Gasteiger partial charge in [-0.3, -0.25) is 0 Å². The molecule has 0 atom stereocenters. The number of rotatable bonds is 8. The molecule has 0 saturated heterocycles. The quantitative estimate of drug-likeness (QED) is 0.734. The average molecular weight is 304 g/mol. The van der Waals surface area contributed by atoms with Crippen molar-refractivity contribution in [2.24, 2.45) is 0 Å². The molecule has 2 aromatic rings. The third-order valence-electron chi connectivity index (χ3n) is 3.05. The van der Waals surface area contributed by atoms with Crippen molar-refractivity contribution in [2.45, 2.75) is 19.9 Å². The SMILES string of the molecule is COCCCNc1cc(C)nc(NCc2ccc(F)cc2)n1. The topological polar surface area (TPSA) is 59.1 Å². The maximum Gasteiger partial charge on any atom is 0.225 e. The summed E-state index contributed by atoms with van der Waals surface area (Å²) in [5.74, 6) is 1.10. The first-order valence-electron chi connectivity index (χ1n) is 7.24. The number of benzene rings is 1. The number of ether oxygens (including phenoxy) is 1. The Balaban J connectivity index is 1.92. The zero-order valence-corrected chi connectivity index (χ0v) is 12.9. The van der Waals surface area contributed by atoms with E-state index in [1.807, 2.05) is 13.0 Å². The van der Waals surface area contributed by atoms with E-state index in [-0.39, 0.29) is 5.82 Å². The Hall–Kier alpha value is -2.21. The van der Waals surface area contributed by atoms with Crippen LogP contribution in [0.2, 0.25) is 0 Å². The highest BCUT2D eigenvalue weighted by molar-refractivity contribution is 5.42. The molecule has 5 nitrogen and oxygen atoms in total. The fourth-order valence-electron chi connectivity index (χ4n) is 1.95. The number of nitrogens with one attached hydrogen (secondary N) is 2. The first kappa shape index (κ1) is 16.2. The van der Waals surface area contributed by atoms with Gasteiger partial charge in [0.15, 0.2) is 0 Å². The number of anilines is 2. The van der Waals surface area contributed by atoms with Crippen LogP contribution in [0.4, 0.5) is 16.2 Å². The molecule has 6 heteroatoms. The molecule has 0 spiro atoms. The first-order chi connectivity index (χ1) is 10.7. The summed E-state index contributed by atoms with van der Waals surface area (Å²) in [7, 11) is 1.69. The second-order valence-electron chi connectivity index (χ2n) is 4.97. The van der Waals surface area contributed by atoms with E-state index < -0.39 is 0 Å². The van der Waals surface area contributed by atoms with Crippen molar-refractivity contribution in [1.82, 2.24) is 9.97 Å². The predicted molar refractivity (Wildman–Crippen MR) is 85.5 cm³/mol. The fourth-order valence-corrected chi connectivity index (χ4v) is 1.95. The van der Waals surface area contributed by atoms with Crippen LogP contribution in [-0.4, -0.2) is 30.2 Å². The second-order valence-corrected chi connectivity index (χ2v) is 4.97. The molecule has 0 bridgehead atoms. The lowest BCUT2D eigenvalue weighted by atomic mass is 10.2. The Bertz CT molecular complexity index is 589. The molecule has 0 unspecified atom stereocenters. The van der Waals surface area contributed by atoms with Crippen LogP contribution in [0, 0.1) is 12.7 Å². The Morgan fingerprint density at radius 1 is 1.14 bits per heavy atom. The molecule has 0 amide bonds. The van der Waals surface area contributed by atoms with Crippen molar-refractivity contribution in [1.29, 1.82) is 0 Å². The maximum atomic E-state index is 12.9. The van der Waals surface area contributed by atoms with Crippen molar-refractivity contribution in [3.63, 3.8) is 0 Å². The predicted octanol–water partition coefficient (Wildman–Crippen LogP) is 2.98. The minimum absolute atomic E-state index is 0.238. The van der Waals surface area contributed by atoms with Crippen LogP contribution in [0.5, 0.6) is 0 Å². The minimum atomic E-state index is -0.238. The summed E-state index contributed by atoms with van der Waals surface area (Å²) in [4.78, 5) is 8.77. The number of halogens is 1. The van der Waals surface area contributed by atoms with Crippen molar-refractivity contribution < 1.29 is 9.13 Å². The third kappa shape index (κ3) is 5.29. The third-order valence-corrected chi connectivity index (χ3v) is 3.05. The van der Waals surface area contributed by atoms with Gasteiger partial charge in [0.05, 0.1) is 0 Å². The molecular formula is C16H21FN4O. The lowest BCUT2D eigenvalue weighted by Gasteiger charge is -2.10. The largest absolute Gasteiger partial charge is 0.385 e. The zero-order valence-electron chi connectivity index (χ0n) is 12.9. The highest BCUT2D eigenvalue weighted by atomic mass is 19.1. The molecular weight excluding hydrogens is 283 g/mol.